The van der Waals surface area contributed by atoms with Gasteiger partial charge in [-0.2, -0.15) is 0 Å². The summed E-state index contributed by atoms with van der Waals surface area (Å²) in [5.74, 6) is -0.836. The molecule has 2 N–H and O–H groups in total. The molecule has 92 valence electrons. The van der Waals surface area contributed by atoms with E-state index in [1.165, 1.54) is 20.2 Å². The number of carbonyl (C=O) groups is 2. The molecule has 0 aliphatic rings. The van der Waals surface area contributed by atoms with E-state index in [1.807, 2.05) is 0 Å². The lowest BCUT2D eigenvalue weighted by Gasteiger charge is -2.15. The Morgan fingerprint density at radius 3 is 2.65 bits per heavy atom. The fourth-order valence-corrected chi connectivity index (χ4v) is 1.39. The number of nitrogens with one attached hydrogen (secondary N) is 1. The molecule has 6 heteroatoms. The first kappa shape index (κ1) is 13.0. The Morgan fingerprint density at radius 1 is 1.53 bits per heavy atom. The number of ether oxygens (including phenoxy) is 1. The summed E-state index contributed by atoms with van der Waals surface area (Å²) >= 11 is 0. The van der Waals surface area contributed by atoms with E-state index in [-0.39, 0.29) is 12.3 Å². The van der Waals surface area contributed by atoms with Crippen LogP contribution in [-0.2, 0) is 9.59 Å². The maximum absolute atomic E-state index is 11.0. The van der Waals surface area contributed by atoms with Gasteiger partial charge in [0, 0.05) is 19.2 Å². The zero-order valence-corrected chi connectivity index (χ0v) is 9.64. The van der Waals surface area contributed by atoms with E-state index in [9.17, 15) is 9.59 Å². The summed E-state index contributed by atoms with van der Waals surface area (Å²) in [6.07, 6.45) is 1.30. The number of aromatic nitrogens is 1. The lowest BCUT2D eigenvalue weighted by Crippen LogP contribution is -2.28. The van der Waals surface area contributed by atoms with Crippen LogP contribution in [0.1, 0.15) is 24.9 Å². The predicted molar refractivity (Wildman–Crippen MR) is 59.6 cm³/mol. The van der Waals surface area contributed by atoms with Crippen molar-refractivity contribution in [1.82, 2.24) is 10.3 Å². The van der Waals surface area contributed by atoms with Crippen LogP contribution in [0, 0.1) is 0 Å². The second-order valence-electron chi connectivity index (χ2n) is 3.48. The number of amides is 1. The summed E-state index contributed by atoms with van der Waals surface area (Å²) in [5, 5.41) is 11.3. The van der Waals surface area contributed by atoms with Crippen LogP contribution in [-0.4, -0.2) is 29.1 Å². The lowest BCUT2D eigenvalue weighted by molar-refractivity contribution is -0.137. The molecule has 0 saturated heterocycles. The number of pyridine rings is 1. The van der Waals surface area contributed by atoms with E-state index in [0.717, 1.165) is 0 Å². The Balaban J connectivity index is 2.86. The number of aliphatic carboxylic acids is 1. The second kappa shape index (κ2) is 5.83. The Morgan fingerprint density at radius 2 is 2.24 bits per heavy atom. The molecule has 0 aromatic carbocycles. The van der Waals surface area contributed by atoms with Crippen molar-refractivity contribution in [2.45, 2.75) is 19.4 Å². The number of hydrogen-bond acceptors (Lipinski definition) is 4. The van der Waals surface area contributed by atoms with Crippen LogP contribution in [0.2, 0.25) is 0 Å². The van der Waals surface area contributed by atoms with Crippen molar-refractivity contribution in [3.05, 3.63) is 23.9 Å². The minimum absolute atomic E-state index is 0.187. The van der Waals surface area contributed by atoms with Gasteiger partial charge in [0.25, 0.3) is 0 Å². The van der Waals surface area contributed by atoms with Crippen LogP contribution in [0.15, 0.2) is 18.3 Å². The normalized spacial score (nSPS) is 11.6. The highest BCUT2D eigenvalue weighted by molar-refractivity contribution is 5.75. The van der Waals surface area contributed by atoms with E-state index in [1.54, 1.807) is 12.1 Å². The first-order valence-corrected chi connectivity index (χ1v) is 5.01. The standard InChI is InChI=1S/C11H14N2O4/c1-7(14)13-9(5-11(15)16)8-3-4-10(17-2)12-6-8/h3-4,6,9H,5H2,1-2H3,(H,13,14)(H,15,16)/t9-/m1/s1. The first-order valence-electron chi connectivity index (χ1n) is 5.01. The van der Waals surface area contributed by atoms with E-state index in [4.69, 9.17) is 9.84 Å². The number of methoxy groups -OCH3 is 1. The number of carbonyl (C=O) groups excluding carboxylic acids is 1. The van der Waals surface area contributed by atoms with Gasteiger partial charge in [-0.15, -0.1) is 0 Å². The van der Waals surface area contributed by atoms with Crippen LogP contribution in [0.3, 0.4) is 0 Å². The summed E-state index contributed by atoms with van der Waals surface area (Å²) in [4.78, 5) is 25.6. The van der Waals surface area contributed by atoms with E-state index >= 15 is 0 Å². The van der Waals surface area contributed by atoms with Gasteiger partial charge in [-0.25, -0.2) is 4.98 Å². The minimum atomic E-state index is -0.987. The second-order valence-corrected chi connectivity index (χ2v) is 3.48. The number of rotatable bonds is 5. The average Bonchev–Trinajstić information content (AvgIpc) is 2.27. The quantitative estimate of drug-likeness (QED) is 0.789. The largest absolute Gasteiger partial charge is 0.481 e. The summed E-state index contributed by atoms with van der Waals surface area (Å²) in [6.45, 7) is 1.34. The molecule has 0 saturated carbocycles. The summed E-state index contributed by atoms with van der Waals surface area (Å²) in [7, 11) is 1.49. The monoisotopic (exact) mass is 238 g/mol. The molecule has 1 heterocycles. The molecule has 0 aliphatic carbocycles. The number of nitrogens with zero attached hydrogens (tertiary/aromatic N) is 1. The molecule has 1 amide bonds. The van der Waals surface area contributed by atoms with Gasteiger partial charge in [0.2, 0.25) is 11.8 Å². The minimum Gasteiger partial charge on any atom is -0.481 e. The lowest BCUT2D eigenvalue weighted by atomic mass is 10.1. The summed E-state index contributed by atoms with van der Waals surface area (Å²) < 4.78 is 4.90. The topological polar surface area (TPSA) is 88.5 Å². The van der Waals surface area contributed by atoms with Crippen molar-refractivity contribution in [2.24, 2.45) is 0 Å². The zero-order valence-electron chi connectivity index (χ0n) is 9.64. The SMILES string of the molecule is COc1ccc([C@@H](CC(=O)O)NC(C)=O)cn1. The fourth-order valence-electron chi connectivity index (χ4n) is 1.39. The van der Waals surface area contributed by atoms with E-state index in [2.05, 4.69) is 10.3 Å². The van der Waals surface area contributed by atoms with Crippen LogP contribution in [0.4, 0.5) is 0 Å². The number of carboxylic acids is 1. The smallest absolute Gasteiger partial charge is 0.305 e. The van der Waals surface area contributed by atoms with Crippen molar-refractivity contribution in [2.75, 3.05) is 7.11 Å². The number of carboxylic acid groups (broad SMARTS) is 1. The summed E-state index contributed by atoms with van der Waals surface area (Å²) in [5.41, 5.74) is 0.628. The van der Waals surface area contributed by atoms with Gasteiger partial charge in [-0.1, -0.05) is 6.07 Å². The first-order chi connectivity index (χ1) is 8.02. The third-order valence-electron chi connectivity index (χ3n) is 2.13. The molecule has 1 atom stereocenters. The van der Waals surface area contributed by atoms with Crippen LogP contribution < -0.4 is 10.1 Å². The van der Waals surface area contributed by atoms with E-state index < -0.39 is 12.0 Å². The zero-order chi connectivity index (χ0) is 12.8. The van der Waals surface area contributed by atoms with Crippen LogP contribution in [0.5, 0.6) is 5.88 Å². The Kier molecular flexibility index (Phi) is 4.45. The van der Waals surface area contributed by atoms with Crippen molar-refractivity contribution in [3.8, 4) is 5.88 Å². The predicted octanol–water partition coefficient (Wildman–Crippen LogP) is 0.742. The molecule has 0 fully saturated rings. The highest BCUT2D eigenvalue weighted by Gasteiger charge is 2.16. The van der Waals surface area contributed by atoms with Gasteiger partial charge in [-0.05, 0) is 5.56 Å². The van der Waals surface area contributed by atoms with Crippen LogP contribution >= 0.6 is 0 Å². The third kappa shape index (κ3) is 4.10. The van der Waals surface area contributed by atoms with Gasteiger partial charge < -0.3 is 15.2 Å². The molecular weight excluding hydrogens is 224 g/mol. The fraction of sp³-hybridized carbons (Fsp3) is 0.364. The molecule has 17 heavy (non-hydrogen) atoms. The molecule has 0 aliphatic heterocycles. The van der Waals surface area contributed by atoms with Crippen molar-refractivity contribution in [3.63, 3.8) is 0 Å². The Labute approximate surface area is 98.6 Å². The molecule has 0 unspecified atom stereocenters. The van der Waals surface area contributed by atoms with E-state index in [0.29, 0.717) is 11.4 Å². The molecule has 1 rings (SSSR count). The van der Waals surface area contributed by atoms with Gasteiger partial charge in [0.05, 0.1) is 19.6 Å². The van der Waals surface area contributed by atoms with Crippen molar-refractivity contribution >= 4 is 11.9 Å². The average molecular weight is 238 g/mol. The Bertz CT molecular complexity index is 386. The van der Waals surface area contributed by atoms with Crippen LogP contribution in [0.25, 0.3) is 0 Å². The molecule has 0 spiro atoms. The maximum Gasteiger partial charge on any atom is 0.305 e. The van der Waals surface area contributed by atoms with Crippen molar-refractivity contribution in [1.29, 1.82) is 0 Å². The van der Waals surface area contributed by atoms with Gasteiger partial charge in [0.1, 0.15) is 0 Å². The third-order valence-corrected chi connectivity index (χ3v) is 2.13. The van der Waals surface area contributed by atoms with Gasteiger partial charge in [0.15, 0.2) is 0 Å². The highest BCUT2D eigenvalue weighted by Crippen LogP contribution is 2.18. The molecule has 0 radical (unpaired) electrons. The van der Waals surface area contributed by atoms with Crippen molar-refractivity contribution < 1.29 is 19.4 Å². The highest BCUT2D eigenvalue weighted by atomic mass is 16.5. The summed E-state index contributed by atoms with van der Waals surface area (Å²) in [6, 6.07) is 2.71. The molecule has 1 aromatic heterocycles. The van der Waals surface area contributed by atoms with Gasteiger partial charge in [-0.3, -0.25) is 9.59 Å². The maximum atomic E-state index is 11.0. The molecule has 0 bridgehead atoms. The van der Waals surface area contributed by atoms with Gasteiger partial charge >= 0.3 is 5.97 Å². The molecule has 1 aromatic rings. The Hall–Kier alpha value is -2.11. The molecule has 6 nitrogen and oxygen atoms in total. The molecular formula is C11H14N2O4. The number of hydrogen-bond donors (Lipinski definition) is 2.